The molecule has 4 rings (SSSR count). The van der Waals surface area contributed by atoms with Crippen LogP contribution in [-0.2, 0) is 14.8 Å². The van der Waals surface area contributed by atoms with Crippen molar-refractivity contribution in [1.82, 2.24) is 4.31 Å². The van der Waals surface area contributed by atoms with Crippen molar-refractivity contribution in [3.8, 4) is 0 Å². The normalized spacial score (nSPS) is 17.9. The molecule has 2 heterocycles. The first-order valence-corrected chi connectivity index (χ1v) is 13.1. The van der Waals surface area contributed by atoms with Crippen LogP contribution in [0.15, 0.2) is 46.2 Å². The Morgan fingerprint density at radius 3 is 2.39 bits per heavy atom. The molecule has 0 radical (unpaired) electrons. The molecule has 0 unspecified atom stereocenters. The van der Waals surface area contributed by atoms with Crippen LogP contribution >= 0.6 is 11.8 Å². The number of carbonyl (C=O) groups excluding carboxylic acids is 1. The number of carbonyl (C=O) groups is 1. The van der Waals surface area contributed by atoms with E-state index in [1.165, 1.54) is 23.7 Å². The molecular weight excluding hydrogens is 430 g/mol. The van der Waals surface area contributed by atoms with Crippen molar-refractivity contribution in [3.05, 3.63) is 47.5 Å². The molecule has 8 heteroatoms. The Kier molecular flexibility index (Phi) is 6.32. The molecule has 0 bridgehead atoms. The van der Waals surface area contributed by atoms with Gasteiger partial charge in [0.25, 0.3) is 0 Å². The maximum absolute atomic E-state index is 13.4. The quantitative estimate of drug-likeness (QED) is 0.701. The molecule has 166 valence electrons. The van der Waals surface area contributed by atoms with Gasteiger partial charge in [0.05, 0.1) is 10.6 Å². The monoisotopic (exact) mass is 459 g/mol. The molecule has 1 fully saturated rings. The maximum Gasteiger partial charge on any atom is 0.243 e. The number of sulfonamides is 1. The van der Waals surface area contributed by atoms with Crippen LogP contribution in [0.1, 0.15) is 24.5 Å². The first kappa shape index (κ1) is 22.2. The van der Waals surface area contributed by atoms with Crippen LogP contribution in [0, 0.1) is 13.8 Å². The fraction of sp³-hybridized carbons (Fsp3) is 0.435. The second-order valence-electron chi connectivity index (χ2n) is 8.18. The first-order chi connectivity index (χ1) is 14.8. The van der Waals surface area contributed by atoms with Crippen LogP contribution in [-0.4, -0.2) is 57.1 Å². The Labute approximate surface area is 189 Å². The van der Waals surface area contributed by atoms with Gasteiger partial charge in [-0.2, -0.15) is 4.31 Å². The Bertz CT molecular complexity index is 1090. The molecule has 1 saturated heterocycles. The van der Waals surface area contributed by atoms with E-state index in [2.05, 4.69) is 36.9 Å². The lowest BCUT2D eigenvalue weighted by molar-refractivity contribution is -0.116. The van der Waals surface area contributed by atoms with E-state index in [4.69, 9.17) is 0 Å². The van der Waals surface area contributed by atoms with Gasteiger partial charge in [0.15, 0.2) is 0 Å². The van der Waals surface area contributed by atoms with Crippen LogP contribution in [0.5, 0.6) is 0 Å². The van der Waals surface area contributed by atoms with Gasteiger partial charge in [-0.05, 0) is 61.4 Å². The Morgan fingerprint density at radius 1 is 0.935 bits per heavy atom. The van der Waals surface area contributed by atoms with Crippen molar-refractivity contribution in [3.63, 3.8) is 0 Å². The fourth-order valence-corrected chi connectivity index (χ4v) is 6.64. The Morgan fingerprint density at radius 2 is 1.68 bits per heavy atom. The zero-order valence-corrected chi connectivity index (χ0v) is 19.9. The summed E-state index contributed by atoms with van der Waals surface area (Å²) in [5, 5.41) is 0. The molecule has 0 aliphatic carbocycles. The van der Waals surface area contributed by atoms with Gasteiger partial charge in [-0.1, -0.05) is 12.1 Å². The highest BCUT2D eigenvalue weighted by Crippen LogP contribution is 2.36. The van der Waals surface area contributed by atoms with E-state index in [0.29, 0.717) is 38.4 Å². The Hall–Kier alpha value is -2.03. The van der Waals surface area contributed by atoms with E-state index >= 15 is 0 Å². The minimum absolute atomic E-state index is 0.0552. The molecule has 2 aromatic rings. The molecule has 0 N–H and O–H groups in total. The van der Waals surface area contributed by atoms with Crippen LogP contribution in [0.25, 0.3) is 0 Å². The largest absolute Gasteiger partial charge is 0.369 e. The molecule has 6 nitrogen and oxygen atoms in total. The van der Waals surface area contributed by atoms with Gasteiger partial charge in [-0.15, -0.1) is 11.8 Å². The number of thioether (sulfide) groups is 1. The van der Waals surface area contributed by atoms with Gasteiger partial charge < -0.3 is 9.80 Å². The summed E-state index contributed by atoms with van der Waals surface area (Å²) in [6.45, 7) is 8.52. The summed E-state index contributed by atoms with van der Waals surface area (Å²) >= 11 is 1.68. The summed E-state index contributed by atoms with van der Waals surface area (Å²) < 4.78 is 28.4. The number of aryl methyl sites for hydroxylation is 2. The Balaban J connectivity index is 1.56. The number of fused-ring (bicyclic) bond motifs is 1. The highest BCUT2D eigenvalue weighted by Gasteiger charge is 2.30. The van der Waals surface area contributed by atoms with Gasteiger partial charge in [-0.3, -0.25) is 4.79 Å². The van der Waals surface area contributed by atoms with Gasteiger partial charge >= 0.3 is 0 Å². The van der Waals surface area contributed by atoms with Crippen molar-refractivity contribution in [2.24, 2.45) is 0 Å². The standard InChI is InChI=1S/C23H29N3O3S2/c1-17-5-6-18(2)21(15-17)24-10-12-25(13-11-24)31(28,29)20-7-8-23-22(16-20)26(19(3)27)9-4-14-30-23/h5-8,15-16H,4,9-14H2,1-3H3. The van der Waals surface area contributed by atoms with E-state index < -0.39 is 10.0 Å². The number of hydrogen-bond acceptors (Lipinski definition) is 5. The average Bonchev–Trinajstić information content (AvgIpc) is 2.97. The van der Waals surface area contributed by atoms with E-state index in [9.17, 15) is 13.2 Å². The van der Waals surface area contributed by atoms with Gasteiger partial charge in [0.1, 0.15) is 0 Å². The number of nitrogens with zero attached hydrogens (tertiary/aromatic N) is 3. The second-order valence-corrected chi connectivity index (χ2v) is 11.3. The SMILES string of the molecule is CC(=O)N1CCCSc2ccc(S(=O)(=O)N3CCN(c4cc(C)ccc4C)CC3)cc21. The summed E-state index contributed by atoms with van der Waals surface area (Å²) in [4.78, 5) is 17.3. The average molecular weight is 460 g/mol. The first-order valence-electron chi connectivity index (χ1n) is 10.6. The molecule has 2 aliphatic heterocycles. The van der Waals surface area contributed by atoms with Crippen molar-refractivity contribution < 1.29 is 13.2 Å². The summed E-state index contributed by atoms with van der Waals surface area (Å²) in [7, 11) is -3.62. The van der Waals surface area contributed by atoms with Gasteiger partial charge in [-0.25, -0.2) is 8.42 Å². The van der Waals surface area contributed by atoms with E-state index in [1.54, 1.807) is 33.1 Å². The van der Waals surface area contributed by atoms with Crippen molar-refractivity contribution in [2.45, 2.75) is 37.0 Å². The van der Waals surface area contributed by atoms with Crippen LogP contribution in [0.2, 0.25) is 0 Å². The number of benzene rings is 2. The zero-order chi connectivity index (χ0) is 22.2. The summed E-state index contributed by atoms with van der Waals surface area (Å²) in [6, 6.07) is 11.6. The minimum Gasteiger partial charge on any atom is -0.369 e. The number of piperazine rings is 1. The molecule has 0 spiro atoms. The third-order valence-electron chi connectivity index (χ3n) is 5.97. The highest BCUT2D eigenvalue weighted by atomic mass is 32.2. The molecule has 0 aromatic heterocycles. The predicted octanol–water partition coefficient (Wildman–Crippen LogP) is 3.66. The molecular formula is C23H29N3O3S2. The molecule has 2 aliphatic rings. The summed E-state index contributed by atoms with van der Waals surface area (Å²) in [6.07, 6.45) is 0.890. The molecule has 1 amide bonds. The summed E-state index contributed by atoms with van der Waals surface area (Å²) in [5.74, 6) is 0.865. The molecule has 0 atom stereocenters. The van der Waals surface area contributed by atoms with Gasteiger partial charge in [0.2, 0.25) is 15.9 Å². The van der Waals surface area contributed by atoms with E-state index in [-0.39, 0.29) is 10.8 Å². The highest BCUT2D eigenvalue weighted by molar-refractivity contribution is 7.99. The molecule has 0 saturated carbocycles. The van der Waals surface area contributed by atoms with Crippen LogP contribution < -0.4 is 9.80 Å². The smallest absolute Gasteiger partial charge is 0.243 e. The molecule has 2 aromatic carbocycles. The lowest BCUT2D eigenvalue weighted by Crippen LogP contribution is -2.48. The minimum atomic E-state index is -3.62. The van der Waals surface area contributed by atoms with E-state index in [1.807, 2.05) is 6.07 Å². The molecule has 31 heavy (non-hydrogen) atoms. The lowest BCUT2D eigenvalue weighted by atomic mass is 10.1. The topological polar surface area (TPSA) is 60.9 Å². The lowest BCUT2D eigenvalue weighted by Gasteiger charge is -2.36. The predicted molar refractivity (Wildman–Crippen MR) is 127 cm³/mol. The van der Waals surface area contributed by atoms with Crippen molar-refractivity contribution in [1.29, 1.82) is 0 Å². The number of anilines is 2. The van der Waals surface area contributed by atoms with Crippen LogP contribution in [0.3, 0.4) is 0 Å². The number of hydrogen-bond donors (Lipinski definition) is 0. The zero-order valence-electron chi connectivity index (χ0n) is 18.3. The third kappa shape index (κ3) is 4.47. The van der Waals surface area contributed by atoms with Crippen molar-refractivity contribution in [2.75, 3.05) is 48.3 Å². The van der Waals surface area contributed by atoms with Gasteiger partial charge in [0, 0.05) is 50.2 Å². The maximum atomic E-state index is 13.4. The number of rotatable bonds is 3. The van der Waals surface area contributed by atoms with E-state index in [0.717, 1.165) is 17.1 Å². The number of amides is 1. The fourth-order valence-electron chi connectivity index (χ4n) is 4.22. The second kappa shape index (κ2) is 8.84. The van der Waals surface area contributed by atoms with Crippen LogP contribution in [0.4, 0.5) is 11.4 Å². The third-order valence-corrected chi connectivity index (χ3v) is 9.01. The summed E-state index contributed by atoms with van der Waals surface area (Å²) in [5.41, 5.74) is 4.30. The van der Waals surface area contributed by atoms with Crippen molar-refractivity contribution >= 4 is 39.1 Å².